The Morgan fingerprint density at radius 1 is 1.28 bits per heavy atom. The van der Waals surface area contributed by atoms with Crippen LogP contribution in [-0.4, -0.2) is 42.6 Å². The van der Waals surface area contributed by atoms with Crippen molar-refractivity contribution in [2.75, 3.05) is 20.3 Å². The highest BCUT2D eigenvalue weighted by Gasteiger charge is 2.11. The standard InChI is InChI=1S/C14H23NO3/c1-11(15-13(10-16)7-8-18-2)9-12-3-5-14(17)6-4-12/h3-6,11,13,15-17H,7-10H2,1-2H3. The van der Waals surface area contributed by atoms with Gasteiger partial charge in [0.05, 0.1) is 6.61 Å². The van der Waals surface area contributed by atoms with Crippen molar-refractivity contribution in [2.45, 2.75) is 31.8 Å². The van der Waals surface area contributed by atoms with E-state index >= 15 is 0 Å². The molecule has 0 aromatic heterocycles. The highest BCUT2D eigenvalue weighted by Crippen LogP contribution is 2.11. The van der Waals surface area contributed by atoms with E-state index in [4.69, 9.17) is 4.74 Å². The van der Waals surface area contributed by atoms with Gasteiger partial charge in [0.25, 0.3) is 0 Å². The first-order valence-corrected chi connectivity index (χ1v) is 6.29. The van der Waals surface area contributed by atoms with Crippen LogP contribution < -0.4 is 5.32 Å². The molecule has 2 unspecified atom stereocenters. The normalized spacial score (nSPS) is 14.4. The van der Waals surface area contributed by atoms with Crippen molar-refractivity contribution in [1.29, 1.82) is 0 Å². The van der Waals surface area contributed by atoms with Gasteiger partial charge in [0, 0.05) is 25.8 Å². The van der Waals surface area contributed by atoms with Crippen LogP contribution in [0.1, 0.15) is 18.9 Å². The maximum atomic E-state index is 9.25. The Bertz CT molecular complexity index is 326. The molecule has 0 aliphatic rings. The van der Waals surface area contributed by atoms with Crippen molar-refractivity contribution >= 4 is 0 Å². The number of hydrogen-bond donors (Lipinski definition) is 3. The SMILES string of the molecule is COCCC(CO)NC(C)Cc1ccc(O)cc1. The molecule has 1 aromatic rings. The van der Waals surface area contributed by atoms with Gasteiger partial charge in [0.1, 0.15) is 5.75 Å². The van der Waals surface area contributed by atoms with Crippen LogP contribution in [0.5, 0.6) is 5.75 Å². The van der Waals surface area contributed by atoms with E-state index in [2.05, 4.69) is 12.2 Å². The lowest BCUT2D eigenvalue weighted by molar-refractivity contribution is 0.155. The number of benzene rings is 1. The highest BCUT2D eigenvalue weighted by atomic mass is 16.5. The fourth-order valence-corrected chi connectivity index (χ4v) is 1.93. The second-order valence-corrected chi connectivity index (χ2v) is 4.60. The lowest BCUT2D eigenvalue weighted by Gasteiger charge is -2.21. The predicted octanol–water partition coefficient (Wildman–Crippen LogP) is 1.31. The summed E-state index contributed by atoms with van der Waals surface area (Å²) in [6, 6.07) is 7.54. The molecule has 0 saturated carbocycles. The van der Waals surface area contributed by atoms with Crippen molar-refractivity contribution in [2.24, 2.45) is 0 Å². The van der Waals surface area contributed by atoms with Gasteiger partial charge in [0.2, 0.25) is 0 Å². The number of rotatable bonds is 8. The molecule has 2 atom stereocenters. The minimum atomic E-state index is 0.0667. The number of hydrogen-bond acceptors (Lipinski definition) is 4. The van der Waals surface area contributed by atoms with Crippen molar-refractivity contribution in [3.05, 3.63) is 29.8 Å². The van der Waals surface area contributed by atoms with E-state index in [1.165, 1.54) is 0 Å². The van der Waals surface area contributed by atoms with Crippen LogP contribution >= 0.6 is 0 Å². The summed E-state index contributed by atoms with van der Waals surface area (Å²) in [4.78, 5) is 0. The van der Waals surface area contributed by atoms with E-state index in [9.17, 15) is 10.2 Å². The van der Waals surface area contributed by atoms with Crippen molar-refractivity contribution in [3.8, 4) is 5.75 Å². The molecule has 3 N–H and O–H groups in total. The van der Waals surface area contributed by atoms with E-state index < -0.39 is 0 Å². The summed E-state index contributed by atoms with van der Waals surface area (Å²) in [5.74, 6) is 0.285. The Morgan fingerprint density at radius 3 is 2.50 bits per heavy atom. The van der Waals surface area contributed by atoms with Crippen LogP contribution in [0, 0.1) is 0 Å². The maximum Gasteiger partial charge on any atom is 0.115 e. The number of aromatic hydroxyl groups is 1. The lowest BCUT2D eigenvalue weighted by atomic mass is 10.1. The van der Waals surface area contributed by atoms with E-state index in [1.807, 2.05) is 12.1 Å². The Hall–Kier alpha value is -1.10. The third-order valence-electron chi connectivity index (χ3n) is 2.89. The zero-order valence-corrected chi connectivity index (χ0v) is 11.1. The lowest BCUT2D eigenvalue weighted by Crippen LogP contribution is -2.40. The zero-order valence-electron chi connectivity index (χ0n) is 11.1. The molecular weight excluding hydrogens is 230 g/mol. The van der Waals surface area contributed by atoms with Gasteiger partial charge in [0.15, 0.2) is 0 Å². The number of aliphatic hydroxyl groups excluding tert-OH is 1. The Kier molecular flexibility index (Phi) is 6.72. The first kappa shape index (κ1) is 15.0. The quantitative estimate of drug-likeness (QED) is 0.654. The molecule has 0 heterocycles. The summed E-state index contributed by atoms with van der Waals surface area (Å²) >= 11 is 0. The fourth-order valence-electron chi connectivity index (χ4n) is 1.93. The number of aliphatic hydroxyl groups is 1. The molecule has 1 aromatic carbocycles. The van der Waals surface area contributed by atoms with Gasteiger partial charge >= 0.3 is 0 Å². The molecule has 0 radical (unpaired) electrons. The molecule has 0 bridgehead atoms. The van der Waals surface area contributed by atoms with Crippen LogP contribution in [0.4, 0.5) is 0 Å². The van der Waals surface area contributed by atoms with E-state index in [0.717, 1.165) is 18.4 Å². The smallest absolute Gasteiger partial charge is 0.115 e. The largest absolute Gasteiger partial charge is 0.508 e. The number of phenols is 1. The van der Waals surface area contributed by atoms with Crippen molar-refractivity contribution in [3.63, 3.8) is 0 Å². The van der Waals surface area contributed by atoms with Crippen molar-refractivity contribution in [1.82, 2.24) is 5.32 Å². The van der Waals surface area contributed by atoms with Gasteiger partial charge < -0.3 is 20.3 Å². The Morgan fingerprint density at radius 2 is 1.94 bits per heavy atom. The predicted molar refractivity (Wildman–Crippen MR) is 71.8 cm³/mol. The van der Waals surface area contributed by atoms with Crippen LogP contribution in [0.25, 0.3) is 0 Å². The maximum absolute atomic E-state index is 9.25. The van der Waals surface area contributed by atoms with E-state index in [1.54, 1.807) is 19.2 Å². The summed E-state index contributed by atoms with van der Waals surface area (Å²) in [6.07, 6.45) is 1.66. The number of methoxy groups -OCH3 is 1. The van der Waals surface area contributed by atoms with Crippen LogP contribution in [0.2, 0.25) is 0 Å². The summed E-state index contributed by atoms with van der Waals surface area (Å²) in [6.45, 7) is 2.84. The summed E-state index contributed by atoms with van der Waals surface area (Å²) in [5.41, 5.74) is 1.16. The molecule has 4 nitrogen and oxygen atoms in total. The summed E-state index contributed by atoms with van der Waals surface area (Å²) in [7, 11) is 1.66. The fraction of sp³-hybridized carbons (Fsp3) is 0.571. The number of phenolic OH excluding ortho intramolecular Hbond substituents is 1. The number of ether oxygens (including phenoxy) is 1. The second-order valence-electron chi connectivity index (χ2n) is 4.60. The Balaban J connectivity index is 2.39. The van der Waals surface area contributed by atoms with Gasteiger partial charge in [-0.25, -0.2) is 0 Å². The molecule has 0 amide bonds. The average Bonchev–Trinajstić information content (AvgIpc) is 2.37. The van der Waals surface area contributed by atoms with Crippen LogP contribution in [-0.2, 0) is 11.2 Å². The molecule has 18 heavy (non-hydrogen) atoms. The minimum absolute atomic E-state index is 0.0667. The minimum Gasteiger partial charge on any atom is -0.508 e. The average molecular weight is 253 g/mol. The Labute approximate surface area is 109 Å². The zero-order chi connectivity index (χ0) is 13.4. The summed E-state index contributed by atoms with van der Waals surface area (Å²) in [5, 5.41) is 21.8. The first-order valence-electron chi connectivity index (χ1n) is 6.29. The molecule has 102 valence electrons. The van der Waals surface area contributed by atoms with Gasteiger partial charge in [-0.2, -0.15) is 0 Å². The van der Waals surface area contributed by atoms with Gasteiger partial charge in [-0.3, -0.25) is 0 Å². The highest BCUT2D eigenvalue weighted by molar-refractivity contribution is 5.26. The molecule has 0 fully saturated rings. The molecule has 0 spiro atoms. The third-order valence-corrected chi connectivity index (χ3v) is 2.89. The third kappa shape index (κ3) is 5.49. The topological polar surface area (TPSA) is 61.7 Å². The van der Waals surface area contributed by atoms with Gasteiger partial charge in [-0.1, -0.05) is 12.1 Å². The molecule has 0 aliphatic carbocycles. The van der Waals surface area contributed by atoms with Gasteiger partial charge in [-0.05, 0) is 37.5 Å². The van der Waals surface area contributed by atoms with Crippen molar-refractivity contribution < 1.29 is 14.9 Å². The molecule has 1 rings (SSSR count). The summed E-state index contributed by atoms with van der Waals surface area (Å²) < 4.78 is 5.01. The van der Waals surface area contributed by atoms with Crippen LogP contribution in [0.15, 0.2) is 24.3 Å². The first-order chi connectivity index (χ1) is 8.65. The van der Waals surface area contributed by atoms with Gasteiger partial charge in [-0.15, -0.1) is 0 Å². The van der Waals surface area contributed by atoms with E-state index in [0.29, 0.717) is 6.61 Å². The molecule has 4 heteroatoms. The second kappa shape index (κ2) is 8.08. The monoisotopic (exact) mass is 253 g/mol. The van der Waals surface area contributed by atoms with E-state index in [-0.39, 0.29) is 24.4 Å². The molecule has 0 aliphatic heterocycles. The molecular formula is C14H23NO3. The number of nitrogens with one attached hydrogen (secondary N) is 1. The molecule has 0 saturated heterocycles. The van der Waals surface area contributed by atoms with Crippen LogP contribution in [0.3, 0.4) is 0 Å².